The average molecular weight is 264 g/mol. The van der Waals surface area contributed by atoms with Gasteiger partial charge in [-0.3, -0.25) is 0 Å². The summed E-state index contributed by atoms with van der Waals surface area (Å²) in [6, 6.07) is 0. The first-order chi connectivity index (χ1) is 8.38. The van der Waals surface area contributed by atoms with Crippen molar-refractivity contribution in [3.8, 4) is 0 Å². The van der Waals surface area contributed by atoms with Crippen molar-refractivity contribution in [3.05, 3.63) is 23.8 Å². The molecule has 2 aromatic rings. The van der Waals surface area contributed by atoms with Crippen LogP contribution in [0.5, 0.6) is 0 Å². The van der Waals surface area contributed by atoms with Crippen LogP contribution in [0.4, 0.5) is 5.82 Å². The molecule has 2 aromatic heterocycles. The predicted molar refractivity (Wildman–Crippen MR) is 70.5 cm³/mol. The van der Waals surface area contributed by atoms with Gasteiger partial charge in [0.2, 0.25) is 0 Å². The van der Waals surface area contributed by atoms with Gasteiger partial charge in [-0.1, -0.05) is 20.8 Å². The molecule has 0 atom stereocenters. The highest BCUT2D eigenvalue weighted by atomic mass is 32.2. The number of aromatic nitrogens is 3. The van der Waals surface area contributed by atoms with Crippen LogP contribution in [0.2, 0.25) is 0 Å². The molecule has 2 rings (SSSR count). The van der Waals surface area contributed by atoms with E-state index >= 15 is 0 Å². The number of rotatable bonds is 2. The normalized spacial score (nSPS) is 11.8. The predicted octanol–water partition coefficient (Wildman–Crippen LogP) is 2.80. The lowest BCUT2D eigenvalue weighted by atomic mass is 9.95. The summed E-state index contributed by atoms with van der Waals surface area (Å²) >= 11 is 1.36. The van der Waals surface area contributed by atoms with E-state index in [-0.39, 0.29) is 5.41 Å². The molecule has 5 nitrogen and oxygen atoms in total. The highest BCUT2D eigenvalue weighted by Gasteiger charge is 2.21. The van der Waals surface area contributed by atoms with Gasteiger partial charge in [0.1, 0.15) is 22.9 Å². The highest BCUT2D eigenvalue weighted by molar-refractivity contribution is 7.99. The minimum absolute atomic E-state index is 0.145. The quantitative estimate of drug-likeness (QED) is 0.840. The summed E-state index contributed by atoms with van der Waals surface area (Å²) in [5.41, 5.74) is 6.64. The van der Waals surface area contributed by atoms with E-state index < -0.39 is 0 Å². The molecule has 0 aliphatic carbocycles. The number of nitrogens with zero attached hydrogens (tertiary/aromatic N) is 3. The molecule has 2 N–H and O–H groups in total. The summed E-state index contributed by atoms with van der Waals surface area (Å²) in [5, 5.41) is 1.34. The van der Waals surface area contributed by atoms with Gasteiger partial charge in [0, 0.05) is 11.0 Å². The number of oxazole rings is 1. The van der Waals surface area contributed by atoms with Crippen molar-refractivity contribution in [1.29, 1.82) is 0 Å². The molecule has 18 heavy (non-hydrogen) atoms. The third-order valence-corrected chi connectivity index (χ3v) is 3.37. The van der Waals surface area contributed by atoms with Crippen LogP contribution >= 0.6 is 11.8 Å². The van der Waals surface area contributed by atoms with Crippen molar-refractivity contribution < 1.29 is 4.42 Å². The molecule has 0 aromatic carbocycles. The summed E-state index contributed by atoms with van der Waals surface area (Å²) in [6.07, 6.45) is 3.14. The van der Waals surface area contributed by atoms with E-state index in [0.29, 0.717) is 11.0 Å². The lowest BCUT2D eigenvalue weighted by molar-refractivity contribution is 0.453. The zero-order valence-electron chi connectivity index (χ0n) is 10.9. The Balaban J connectivity index is 2.43. The van der Waals surface area contributed by atoms with Crippen LogP contribution in [0.1, 0.15) is 32.2 Å². The summed E-state index contributed by atoms with van der Waals surface area (Å²) in [7, 11) is 0. The Morgan fingerprint density at radius 1 is 1.28 bits per heavy atom. The van der Waals surface area contributed by atoms with Crippen LogP contribution in [0.3, 0.4) is 0 Å². The Morgan fingerprint density at radius 2 is 2.00 bits per heavy atom. The van der Waals surface area contributed by atoms with Gasteiger partial charge >= 0.3 is 0 Å². The molecule has 0 unspecified atom stereocenters. The second-order valence-electron chi connectivity index (χ2n) is 5.01. The van der Waals surface area contributed by atoms with Gasteiger partial charge in [0.15, 0.2) is 0 Å². The molecule has 2 heterocycles. The maximum Gasteiger partial charge on any atom is 0.261 e. The minimum atomic E-state index is -0.145. The molecule has 96 valence electrons. The summed E-state index contributed by atoms with van der Waals surface area (Å²) < 4.78 is 5.21. The van der Waals surface area contributed by atoms with Crippen molar-refractivity contribution in [2.45, 2.75) is 43.4 Å². The largest absolute Gasteiger partial charge is 0.440 e. The van der Waals surface area contributed by atoms with Gasteiger partial charge < -0.3 is 10.2 Å². The molecule has 0 amide bonds. The summed E-state index contributed by atoms with van der Waals surface area (Å²) in [5.74, 6) is 1.23. The van der Waals surface area contributed by atoms with Gasteiger partial charge in [-0.2, -0.15) is 0 Å². The number of nitrogens with two attached hydrogens (primary N) is 1. The lowest BCUT2D eigenvalue weighted by Gasteiger charge is -2.18. The molecule has 0 radical (unpaired) electrons. The van der Waals surface area contributed by atoms with Crippen LogP contribution in [-0.4, -0.2) is 15.0 Å². The van der Waals surface area contributed by atoms with Gasteiger partial charge in [0.25, 0.3) is 5.22 Å². The van der Waals surface area contributed by atoms with Crippen molar-refractivity contribution in [2.75, 3.05) is 5.73 Å². The molecule has 0 aliphatic rings. The van der Waals surface area contributed by atoms with E-state index in [4.69, 9.17) is 10.2 Å². The monoisotopic (exact) mass is 264 g/mol. The van der Waals surface area contributed by atoms with E-state index in [0.717, 1.165) is 16.4 Å². The van der Waals surface area contributed by atoms with E-state index in [1.165, 1.54) is 18.0 Å². The topological polar surface area (TPSA) is 77.8 Å². The van der Waals surface area contributed by atoms with E-state index in [9.17, 15) is 0 Å². The SMILES string of the molecule is Cc1c(N)nc(C(C)(C)C)nc1Sc1ncco1. The Morgan fingerprint density at radius 3 is 2.56 bits per heavy atom. The minimum Gasteiger partial charge on any atom is -0.440 e. The summed E-state index contributed by atoms with van der Waals surface area (Å²) in [6.45, 7) is 8.05. The molecule has 0 spiro atoms. The number of hydrogen-bond donors (Lipinski definition) is 1. The standard InChI is InChI=1S/C12H16N4OS/c1-7-8(13)15-10(12(2,3)4)16-9(7)18-11-14-5-6-17-11/h5-6H,1-4H3,(H2,13,15,16). The highest BCUT2D eigenvalue weighted by Crippen LogP contribution is 2.31. The first-order valence-corrected chi connectivity index (χ1v) is 6.41. The zero-order valence-corrected chi connectivity index (χ0v) is 11.7. The molecule has 0 saturated carbocycles. The molecular weight excluding hydrogens is 248 g/mol. The van der Waals surface area contributed by atoms with Crippen LogP contribution in [-0.2, 0) is 5.41 Å². The molecule has 0 aliphatic heterocycles. The second kappa shape index (κ2) is 4.61. The number of hydrogen-bond acceptors (Lipinski definition) is 6. The maximum absolute atomic E-state index is 5.93. The first-order valence-electron chi connectivity index (χ1n) is 5.60. The lowest BCUT2D eigenvalue weighted by Crippen LogP contribution is -2.18. The molecule has 0 saturated heterocycles. The first kappa shape index (κ1) is 12.9. The Kier molecular flexibility index (Phi) is 3.30. The zero-order chi connectivity index (χ0) is 13.3. The van der Waals surface area contributed by atoms with Crippen LogP contribution in [0, 0.1) is 6.92 Å². The van der Waals surface area contributed by atoms with Crippen molar-refractivity contribution in [1.82, 2.24) is 15.0 Å². The fraction of sp³-hybridized carbons (Fsp3) is 0.417. The number of anilines is 1. The second-order valence-corrected chi connectivity index (χ2v) is 5.95. The third-order valence-electron chi connectivity index (χ3n) is 2.40. The van der Waals surface area contributed by atoms with Crippen LogP contribution in [0.15, 0.2) is 27.1 Å². The Hall–Kier alpha value is -1.56. The van der Waals surface area contributed by atoms with E-state index in [2.05, 4.69) is 35.7 Å². The fourth-order valence-corrected chi connectivity index (χ4v) is 2.06. The molecular formula is C12H16N4OS. The van der Waals surface area contributed by atoms with Crippen LogP contribution < -0.4 is 5.73 Å². The van der Waals surface area contributed by atoms with Gasteiger partial charge in [0.05, 0.1) is 6.20 Å². The van der Waals surface area contributed by atoms with Crippen molar-refractivity contribution in [3.63, 3.8) is 0 Å². The fourth-order valence-electron chi connectivity index (χ4n) is 1.29. The van der Waals surface area contributed by atoms with E-state index in [1.807, 2.05) is 6.92 Å². The van der Waals surface area contributed by atoms with Crippen LogP contribution in [0.25, 0.3) is 0 Å². The third kappa shape index (κ3) is 2.64. The van der Waals surface area contributed by atoms with Gasteiger partial charge in [-0.25, -0.2) is 15.0 Å². The smallest absolute Gasteiger partial charge is 0.261 e. The molecule has 0 fully saturated rings. The number of nitrogen functional groups attached to an aromatic ring is 1. The Bertz CT molecular complexity index is 546. The van der Waals surface area contributed by atoms with Crippen molar-refractivity contribution >= 4 is 17.6 Å². The molecule has 0 bridgehead atoms. The van der Waals surface area contributed by atoms with E-state index in [1.54, 1.807) is 6.20 Å². The molecule has 6 heteroatoms. The van der Waals surface area contributed by atoms with Gasteiger partial charge in [-0.05, 0) is 18.7 Å². The maximum atomic E-state index is 5.93. The average Bonchev–Trinajstić information content (AvgIpc) is 2.75. The summed E-state index contributed by atoms with van der Waals surface area (Å²) in [4.78, 5) is 13.0. The Labute approximate surface area is 110 Å². The van der Waals surface area contributed by atoms with Gasteiger partial charge in [-0.15, -0.1) is 0 Å². The van der Waals surface area contributed by atoms with Crippen molar-refractivity contribution in [2.24, 2.45) is 0 Å².